The van der Waals surface area contributed by atoms with Crippen molar-refractivity contribution >= 4 is 11.9 Å². The fraction of sp³-hybridized carbons (Fsp3) is 0.706. The molecule has 0 aliphatic carbocycles. The Morgan fingerprint density at radius 3 is 2.74 bits per heavy atom. The van der Waals surface area contributed by atoms with Gasteiger partial charge in [0.1, 0.15) is 5.76 Å². The van der Waals surface area contributed by atoms with E-state index in [9.17, 15) is 9.59 Å². The highest BCUT2D eigenvalue weighted by molar-refractivity contribution is 5.79. The van der Waals surface area contributed by atoms with Crippen LogP contribution in [-0.4, -0.2) is 39.6 Å². The molecule has 128 valence electrons. The minimum atomic E-state index is -0.799. The SMILES string of the molecule is Cc1noc(C)c1C[C@@H](C)C(=O)N1CCCC[C@H]1CCC(=O)O. The zero-order valence-electron chi connectivity index (χ0n) is 14.2. The summed E-state index contributed by atoms with van der Waals surface area (Å²) in [5.74, 6) is -0.0766. The molecule has 0 unspecified atom stereocenters. The van der Waals surface area contributed by atoms with Gasteiger partial charge in [-0.25, -0.2) is 0 Å². The van der Waals surface area contributed by atoms with Crippen molar-refractivity contribution in [2.24, 2.45) is 5.92 Å². The molecule has 2 heterocycles. The monoisotopic (exact) mass is 322 g/mol. The number of aromatic nitrogens is 1. The maximum absolute atomic E-state index is 12.8. The van der Waals surface area contributed by atoms with Crippen LogP contribution in [0.25, 0.3) is 0 Å². The van der Waals surface area contributed by atoms with Crippen LogP contribution in [0.5, 0.6) is 0 Å². The Hall–Kier alpha value is -1.85. The first-order chi connectivity index (χ1) is 10.9. The van der Waals surface area contributed by atoms with Gasteiger partial charge in [0, 0.05) is 30.5 Å². The molecule has 1 aliphatic rings. The van der Waals surface area contributed by atoms with Crippen molar-refractivity contribution in [1.82, 2.24) is 10.1 Å². The number of carbonyl (C=O) groups is 2. The van der Waals surface area contributed by atoms with Crippen LogP contribution in [0.3, 0.4) is 0 Å². The topological polar surface area (TPSA) is 83.6 Å². The molecule has 6 nitrogen and oxygen atoms in total. The van der Waals surface area contributed by atoms with Gasteiger partial charge in [0.2, 0.25) is 5.91 Å². The molecule has 1 amide bonds. The lowest BCUT2D eigenvalue weighted by Gasteiger charge is -2.37. The van der Waals surface area contributed by atoms with Crippen LogP contribution < -0.4 is 0 Å². The summed E-state index contributed by atoms with van der Waals surface area (Å²) >= 11 is 0. The van der Waals surface area contributed by atoms with Gasteiger partial charge >= 0.3 is 5.97 Å². The van der Waals surface area contributed by atoms with E-state index in [0.29, 0.717) is 12.8 Å². The van der Waals surface area contributed by atoms with Crippen LogP contribution in [-0.2, 0) is 16.0 Å². The lowest BCUT2D eigenvalue weighted by molar-refractivity contribution is -0.142. The van der Waals surface area contributed by atoms with Gasteiger partial charge in [-0.15, -0.1) is 0 Å². The van der Waals surface area contributed by atoms with Crippen LogP contribution in [0.2, 0.25) is 0 Å². The predicted molar refractivity (Wildman–Crippen MR) is 85.1 cm³/mol. The van der Waals surface area contributed by atoms with E-state index in [1.54, 1.807) is 0 Å². The van der Waals surface area contributed by atoms with Gasteiger partial charge in [0.05, 0.1) is 5.69 Å². The molecule has 1 aliphatic heterocycles. The number of amides is 1. The van der Waals surface area contributed by atoms with Gasteiger partial charge in [-0.3, -0.25) is 9.59 Å². The molecule has 1 fully saturated rings. The van der Waals surface area contributed by atoms with Gasteiger partial charge in [0.15, 0.2) is 0 Å². The van der Waals surface area contributed by atoms with Gasteiger partial charge in [-0.2, -0.15) is 0 Å². The summed E-state index contributed by atoms with van der Waals surface area (Å²) in [5.41, 5.74) is 1.84. The first-order valence-corrected chi connectivity index (χ1v) is 8.34. The summed E-state index contributed by atoms with van der Waals surface area (Å²) < 4.78 is 5.17. The van der Waals surface area contributed by atoms with Crippen LogP contribution in [0.4, 0.5) is 0 Å². The number of likely N-dealkylation sites (tertiary alicyclic amines) is 1. The number of carbonyl (C=O) groups excluding carboxylic acids is 1. The second-order valence-corrected chi connectivity index (χ2v) is 6.52. The van der Waals surface area contributed by atoms with E-state index in [1.165, 1.54) is 0 Å². The third-order valence-electron chi connectivity index (χ3n) is 4.71. The Labute approximate surface area is 136 Å². The average Bonchev–Trinajstić information content (AvgIpc) is 2.84. The van der Waals surface area contributed by atoms with Crippen LogP contribution in [0, 0.1) is 19.8 Å². The number of carboxylic acids is 1. The van der Waals surface area contributed by atoms with Gasteiger partial charge in [0.25, 0.3) is 0 Å². The third kappa shape index (κ3) is 4.33. The number of piperidine rings is 1. The molecule has 1 saturated heterocycles. The largest absolute Gasteiger partial charge is 0.481 e. The first kappa shape index (κ1) is 17.5. The Morgan fingerprint density at radius 2 is 2.13 bits per heavy atom. The fourth-order valence-electron chi connectivity index (χ4n) is 3.35. The molecule has 1 aromatic heterocycles. The van der Waals surface area contributed by atoms with Crippen LogP contribution >= 0.6 is 0 Å². The minimum absolute atomic E-state index is 0.0551. The van der Waals surface area contributed by atoms with Crippen molar-refractivity contribution in [1.29, 1.82) is 0 Å². The molecule has 2 rings (SSSR count). The maximum Gasteiger partial charge on any atom is 0.303 e. The number of rotatable bonds is 6. The van der Waals surface area contributed by atoms with Crippen molar-refractivity contribution in [2.75, 3.05) is 6.54 Å². The zero-order chi connectivity index (χ0) is 17.0. The van der Waals surface area contributed by atoms with Crippen molar-refractivity contribution in [3.8, 4) is 0 Å². The molecule has 1 N–H and O–H groups in total. The maximum atomic E-state index is 12.8. The highest BCUT2D eigenvalue weighted by Gasteiger charge is 2.30. The van der Waals surface area contributed by atoms with E-state index in [-0.39, 0.29) is 24.3 Å². The molecule has 1 aromatic rings. The summed E-state index contributed by atoms with van der Waals surface area (Å²) in [4.78, 5) is 25.5. The Bertz CT molecular complexity index is 547. The standard InChI is InChI=1S/C17H26N2O4/c1-11(10-15-12(2)18-23-13(15)3)17(22)19-9-5-4-6-14(19)7-8-16(20)21/h11,14H,4-10H2,1-3H3,(H,20,21)/t11-,14+/m1/s1. The predicted octanol–water partition coefficient (Wildman–Crippen LogP) is 2.72. The highest BCUT2D eigenvalue weighted by Crippen LogP contribution is 2.25. The molecule has 0 radical (unpaired) electrons. The summed E-state index contributed by atoms with van der Waals surface area (Å²) in [5, 5.41) is 12.8. The number of hydrogen-bond acceptors (Lipinski definition) is 4. The second kappa shape index (κ2) is 7.62. The zero-order valence-corrected chi connectivity index (χ0v) is 14.2. The van der Waals surface area contributed by atoms with Crippen molar-refractivity contribution in [3.05, 3.63) is 17.0 Å². The number of carboxylic acid groups (broad SMARTS) is 1. The van der Waals surface area contributed by atoms with E-state index in [0.717, 1.165) is 42.8 Å². The van der Waals surface area contributed by atoms with Crippen molar-refractivity contribution < 1.29 is 19.2 Å². The molecule has 0 bridgehead atoms. The van der Waals surface area contributed by atoms with Gasteiger partial charge in [-0.05, 0) is 46.0 Å². The molecular formula is C17H26N2O4. The summed E-state index contributed by atoms with van der Waals surface area (Å²) in [6.45, 7) is 6.41. The number of nitrogens with zero attached hydrogens (tertiary/aromatic N) is 2. The van der Waals surface area contributed by atoms with Crippen LogP contribution in [0.1, 0.15) is 56.0 Å². The summed E-state index contributed by atoms with van der Waals surface area (Å²) in [6.07, 6.45) is 4.23. The molecule has 0 saturated carbocycles. The third-order valence-corrected chi connectivity index (χ3v) is 4.71. The summed E-state index contributed by atoms with van der Waals surface area (Å²) in [7, 11) is 0. The molecule has 0 aromatic carbocycles. The normalized spacial score (nSPS) is 19.6. The number of aliphatic carboxylic acids is 1. The van der Waals surface area contributed by atoms with E-state index >= 15 is 0 Å². The molecule has 6 heteroatoms. The molecular weight excluding hydrogens is 296 g/mol. The van der Waals surface area contributed by atoms with Crippen molar-refractivity contribution in [2.45, 2.75) is 65.3 Å². The van der Waals surface area contributed by atoms with Crippen LogP contribution in [0.15, 0.2) is 4.52 Å². The Balaban J connectivity index is 2.02. The fourth-order valence-corrected chi connectivity index (χ4v) is 3.35. The van der Waals surface area contributed by atoms with Gasteiger partial charge < -0.3 is 14.5 Å². The number of hydrogen-bond donors (Lipinski definition) is 1. The lowest BCUT2D eigenvalue weighted by Crippen LogP contribution is -2.46. The highest BCUT2D eigenvalue weighted by atomic mass is 16.5. The molecule has 2 atom stereocenters. The average molecular weight is 322 g/mol. The molecule has 23 heavy (non-hydrogen) atoms. The van der Waals surface area contributed by atoms with E-state index in [1.807, 2.05) is 25.7 Å². The smallest absolute Gasteiger partial charge is 0.303 e. The van der Waals surface area contributed by atoms with E-state index < -0.39 is 5.97 Å². The van der Waals surface area contributed by atoms with Crippen molar-refractivity contribution in [3.63, 3.8) is 0 Å². The quantitative estimate of drug-likeness (QED) is 0.870. The van der Waals surface area contributed by atoms with E-state index in [4.69, 9.17) is 9.63 Å². The molecule has 0 spiro atoms. The lowest BCUT2D eigenvalue weighted by atomic mass is 9.93. The first-order valence-electron chi connectivity index (χ1n) is 8.34. The summed E-state index contributed by atoms with van der Waals surface area (Å²) in [6, 6.07) is 0.0551. The minimum Gasteiger partial charge on any atom is -0.481 e. The number of aryl methyl sites for hydroxylation is 2. The Morgan fingerprint density at radius 1 is 1.39 bits per heavy atom. The second-order valence-electron chi connectivity index (χ2n) is 6.52. The van der Waals surface area contributed by atoms with E-state index in [2.05, 4.69) is 5.16 Å². The Kier molecular flexibility index (Phi) is 5.80. The van der Waals surface area contributed by atoms with Gasteiger partial charge in [-0.1, -0.05) is 12.1 Å².